The van der Waals surface area contributed by atoms with Gasteiger partial charge in [0, 0.05) is 11.6 Å². The molecule has 0 radical (unpaired) electrons. The van der Waals surface area contributed by atoms with Crippen molar-refractivity contribution in [2.75, 3.05) is 13.1 Å². The minimum absolute atomic E-state index is 0.0237. The van der Waals surface area contributed by atoms with Gasteiger partial charge in [-0.2, -0.15) is 0 Å². The quantitative estimate of drug-likeness (QED) is 0.672. The topological polar surface area (TPSA) is 69.6 Å². The summed E-state index contributed by atoms with van der Waals surface area (Å²) in [5, 5.41) is 21.7. The zero-order chi connectivity index (χ0) is 12.9. The van der Waals surface area contributed by atoms with Gasteiger partial charge in [-0.05, 0) is 37.6 Å². The third kappa shape index (κ3) is 4.73. The highest BCUT2D eigenvalue weighted by molar-refractivity contribution is 6.30. The van der Waals surface area contributed by atoms with Gasteiger partial charge in [-0.3, -0.25) is 0 Å². The highest BCUT2D eigenvalue weighted by Crippen LogP contribution is 2.09. The summed E-state index contributed by atoms with van der Waals surface area (Å²) >= 11 is 5.75. The summed E-state index contributed by atoms with van der Waals surface area (Å²) in [6.45, 7) is 1.89. The zero-order valence-corrected chi connectivity index (χ0v) is 10.4. The number of halogens is 1. The van der Waals surface area contributed by atoms with Crippen molar-refractivity contribution in [1.29, 1.82) is 0 Å². The van der Waals surface area contributed by atoms with Gasteiger partial charge in [-0.1, -0.05) is 23.7 Å². The second-order valence-electron chi connectivity index (χ2n) is 4.13. The molecule has 0 aliphatic rings. The Morgan fingerprint density at radius 1 is 1.41 bits per heavy atom. The van der Waals surface area contributed by atoms with Crippen molar-refractivity contribution in [2.45, 2.75) is 18.9 Å². The molecule has 0 amide bonds. The van der Waals surface area contributed by atoms with E-state index >= 15 is 0 Å². The molecule has 3 N–H and O–H groups in total. The lowest BCUT2D eigenvalue weighted by molar-refractivity contribution is -0.156. The molecule has 5 heteroatoms. The molecule has 1 atom stereocenters. The van der Waals surface area contributed by atoms with Gasteiger partial charge in [-0.25, -0.2) is 4.79 Å². The molecule has 0 aliphatic heterocycles. The number of rotatable bonds is 6. The Hall–Kier alpha value is -1.10. The Morgan fingerprint density at radius 3 is 2.53 bits per heavy atom. The van der Waals surface area contributed by atoms with Crippen molar-refractivity contribution in [3.8, 4) is 0 Å². The third-order valence-corrected chi connectivity index (χ3v) is 2.69. The summed E-state index contributed by atoms with van der Waals surface area (Å²) in [7, 11) is 0. The van der Waals surface area contributed by atoms with Gasteiger partial charge < -0.3 is 15.5 Å². The maximum atomic E-state index is 10.6. The molecule has 1 aromatic rings. The number of aliphatic hydroxyl groups is 1. The highest BCUT2D eigenvalue weighted by Gasteiger charge is 2.28. The molecule has 0 bridgehead atoms. The van der Waals surface area contributed by atoms with Crippen LogP contribution in [0.2, 0.25) is 5.02 Å². The van der Waals surface area contributed by atoms with Crippen LogP contribution in [0.3, 0.4) is 0 Å². The van der Waals surface area contributed by atoms with Crippen LogP contribution in [0.25, 0.3) is 0 Å². The Kier molecular flexibility index (Phi) is 4.93. The molecule has 1 rings (SSSR count). The summed E-state index contributed by atoms with van der Waals surface area (Å²) < 4.78 is 0. The van der Waals surface area contributed by atoms with Crippen molar-refractivity contribution in [2.24, 2.45) is 0 Å². The van der Waals surface area contributed by atoms with Crippen molar-refractivity contribution in [3.05, 3.63) is 34.9 Å². The Balaban J connectivity index is 2.29. The van der Waals surface area contributed by atoms with E-state index in [1.54, 1.807) is 0 Å². The molecular weight excluding hydrogens is 242 g/mol. The molecule has 0 saturated heterocycles. The van der Waals surface area contributed by atoms with E-state index in [0.717, 1.165) is 12.0 Å². The maximum absolute atomic E-state index is 10.6. The smallest absolute Gasteiger partial charge is 0.336 e. The second-order valence-corrected chi connectivity index (χ2v) is 4.57. The monoisotopic (exact) mass is 257 g/mol. The van der Waals surface area contributed by atoms with Crippen molar-refractivity contribution in [1.82, 2.24) is 5.32 Å². The number of carboxylic acids is 1. The van der Waals surface area contributed by atoms with E-state index < -0.39 is 11.6 Å². The number of aliphatic carboxylic acids is 1. The number of nitrogens with one attached hydrogen (secondary N) is 1. The third-order valence-electron chi connectivity index (χ3n) is 2.43. The van der Waals surface area contributed by atoms with Crippen LogP contribution < -0.4 is 5.32 Å². The van der Waals surface area contributed by atoms with E-state index in [-0.39, 0.29) is 6.54 Å². The van der Waals surface area contributed by atoms with Crippen LogP contribution in [-0.2, 0) is 11.2 Å². The fraction of sp³-hybridized carbons (Fsp3) is 0.417. The summed E-state index contributed by atoms with van der Waals surface area (Å²) in [4.78, 5) is 10.6. The van der Waals surface area contributed by atoms with E-state index in [4.69, 9.17) is 16.7 Å². The van der Waals surface area contributed by atoms with Crippen LogP contribution in [0.5, 0.6) is 0 Å². The van der Waals surface area contributed by atoms with Gasteiger partial charge in [0.25, 0.3) is 0 Å². The first kappa shape index (κ1) is 14.0. The lowest BCUT2D eigenvalue weighted by atomic mass is 10.1. The number of carboxylic acid groups (broad SMARTS) is 1. The first-order valence-electron chi connectivity index (χ1n) is 5.33. The van der Waals surface area contributed by atoms with Crippen LogP contribution in [0.1, 0.15) is 12.5 Å². The fourth-order valence-electron chi connectivity index (χ4n) is 1.29. The van der Waals surface area contributed by atoms with Crippen LogP contribution in [0.15, 0.2) is 24.3 Å². The number of hydrogen-bond acceptors (Lipinski definition) is 3. The number of carbonyl (C=O) groups is 1. The van der Waals surface area contributed by atoms with Crippen LogP contribution >= 0.6 is 11.6 Å². The molecular formula is C12H16ClNO3. The highest BCUT2D eigenvalue weighted by atomic mass is 35.5. The minimum atomic E-state index is -1.72. The largest absolute Gasteiger partial charge is 0.479 e. The average molecular weight is 258 g/mol. The van der Waals surface area contributed by atoms with Crippen LogP contribution in [-0.4, -0.2) is 34.9 Å². The van der Waals surface area contributed by atoms with E-state index in [1.807, 2.05) is 24.3 Å². The molecule has 0 aliphatic carbocycles. The number of benzene rings is 1. The number of hydrogen-bond donors (Lipinski definition) is 3. The van der Waals surface area contributed by atoms with E-state index in [2.05, 4.69) is 5.32 Å². The van der Waals surface area contributed by atoms with Crippen LogP contribution in [0, 0.1) is 0 Å². The summed E-state index contributed by atoms with van der Waals surface area (Å²) in [5.41, 5.74) is -0.614. The predicted octanol–water partition coefficient (Wildman–Crippen LogP) is 1.31. The molecule has 0 fully saturated rings. The zero-order valence-electron chi connectivity index (χ0n) is 9.61. The molecule has 0 spiro atoms. The molecule has 1 aromatic carbocycles. The molecule has 0 saturated carbocycles. The Bertz CT molecular complexity index is 376. The summed E-state index contributed by atoms with van der Waals surface area (Å²) in [6, 6.07) is 7.45. The average Bonchev–Trinajstić information content (AvgIpc) is 2.26. The van der Waals surface area contributed by atoms with Crippen LogP contribution in [0.4, 0.5) is 0 Å². The van der Waals surface area contributed by atoms with Gasteiger partial charge in [0.2, 0.25) is 0 Å². The van der Waals surface area contributed by atoms with Gasteiger partial charge in [-0.15, -0.1) is 0 Å². The van der Waals surface area contributed by atoms with Gasteiger partial charge in [0.1, 0.15) is 0 Å². The lowest BCUT2D eigenvalue weighted by Crippen LogP contribution is -2.45. The second kappa shape index (κ2) is 6.00. The standard InChI is InChI=1S/C12H16ClNO3/c1-12(17,11(15)16)8-14-7-6-9-2-4-10(13)5-3-9/h2-5,14,17H,6-8H2,1H3,(H,15,16). The van der Waals surface area contributed by atoms with Gasteiger partial charge in [0.05, 0.1) is 0 Å². The lowest BCUT2D eigenvalue weighted by Gasteiger charge is -2.18. The first-order chi connectivity index (χ1) is 7.92. The Morgan fingerprint density at radius 2 is 2.00 bits per heavy atom. The predicted molar refractivity (Wildman–Crippen MR) is 66.3 cm³/mol. The minimum Gasteiger partial charge on any atom is -0.479 e. The summed E-state index contributed by atoms with van der Waals surface area (Å²) in [5.74, 6) is -1.23. The molecule has 17 heavy (non-hydrogen) atoms. The first-order valence-corrected chi connectivity index (χ1v) is 5.70. The van der Waals surface area contributed by atoms with Crippen molar-refractivity contribution in [3.63, 3.8) is 0 Å². The van der Waals surface area contributed by atoms with E-state index in [1.165, 1.54) is 6.92 Å². The normalized spacial score (nSPS) is 14.3. The molecule has 4 nitrogen and oxygen atoms in total. The van der Waals surface area contributed by atoms with Gasteiger partial charge >= 0.3 is 5.97 Å². The molecule has 1 unspecified atom stereocenters. The van der Waals surface area contributed by atoms with Crippen molar-refractivity contribution >= 4 is 17.6 Å². The summed E-state index contributed by atoms with van der Waals surface area (Å²) in [6.07, 6.45) is 0.757. The maximum Gasteiger partial charge on any atom is 0.336 e. The molecule has 94 valence electrons. The molecule has 0 aromatic heterocycles. The van der Waals surface area contributed by atoms with E-state index in [9.17, 15) is 9.90 Å². The van der Waals surface area contributed by atoms with Crippen molar-refractivity contribution < 1.29 is 15.0 Å². The fourth-order valence-corrected chi connectivity index (χ4v) is 1.42. The van der Waals surface area contributed by atoms with E-state index in [0.29, 0.717) is 11.6 Å². The SMILES string of the molecule is CC(O)(CNCCc1ccc(Cl)cc1)C(=O)O. The molecule has 0 heterocycles. The van der Waals surface area contributed by atoms with Gasteiger partial charge in [0.15, 0.2) is 5.60 Å². The Labute approximate surface area is 105 Å².